The van der Waals surface area contributed by atoms with E-state index in [2.05, 4.69) is 26.1 Å². The average Bonchev–Trinajstić information content (AvgIpc) is 2.83. The van der Waals surface area contributed by atoms with Gasteiger partial charge < -0.3 is 4.74 Å². The fourth-order valence-electron chi connectivity index (χ4n) is 1.90. The minimum absolute atomic E-state index is 0.384. The second-order valence-electron chi connectivity index (χ2n) is 3.69. The smallest absolute Gasteiger partial charge is 0.160 e. The van der Waals surface area contributed by atoms with Crippen LogP contribution in [0.15, 0.2) is 22.8 Å². The normalized spacial score (nSPS) is 21.3. The molecule has 78 valence electrons. The molecule has 0 amide bonds. The van der Waals surface area contributed by atoms with E-state index >= 15 is 0 Å². The number of nitrogens with zero attached hydrogens (tertiary/aromatic N) is 3. The molecule has 1 atom stereocenters. The fourth-order valence-corrected chi connectivity index (χ4v) is 2.24. The molecule has 4 nitrogen and oxygen atoms in total. The van der Waals surface area contributed by atoms with Crippen LogP contribution in [0.25, 0.3) is 5.65 Å². The number of hydrogen-bond acceptors (Lipinski definition) is 3. The topological polar surface area (TPSA) is 39.4 Å². The molecule has 5 heteroatoms. The third kappa shape index (κ3) is 1.55. The predicted molar refractivity (Wildman–Crippen MR) is 58.9 cm³/mol. The second-order valence-corrected chi connectivity index (χ2v) is 4.61. The third-order valence-electron chi connectivity index (χ3n) is 2.69. The third-order valence-corrected chi connectivity index (χ3v) is 3.16. The van der Waals surface area contributed by atoms with E-state index < -0.39 is 0 Å². The molecule has 0 aromatic carbocycles. The van der Waals surface area contributed by atoms with Gasteiger partial charge in [-0.25, -0.2) is 0 Å². The number of fused-ring (bicyclic) bond motifs is 1. The first-order valence-corrected chi connectivity index (χ1v) is 5.72. The molecule has 0 radical (unpaired) electrons. The molecule has 3 rings (SSSR count). The fraction of sp³-hybridized carbons (Fsp3) is 0.400. The Hall–Kier alpha value is -0.940. The molecule has 1 fully saturated rings. The van der Waals surface area contributed by atoms with Crippen molar-refractivity contribution in [1.82, 2.24) is 14.6 Å². The van der Waals surface area contributed by atoms with Crippen LogP contribution in [0.3, 0.4) is 0 Å². The van der Waals surface area contributed by atoms with E-state index in [4.69, 9.17) is 4.74 Å². The Morgan fingerprint density at radius 3 is 3.13 bits per heavy atom. The molecule has 0 N–H and O–H groups in total. The van der Waals surface area contributed by atoms with Crippen molar-refractivity contribution in [2.75, 3.05) is 13.2 Å². The summed E-state index contributed by atoms with van der Waals surface area (Å²) in [7, 11) is 0. The van der Waals surface area contributed by atoms with Crippen LogP contribution in [0.2, 0.25) is 0 Å². The van der Waals surface area contributed by atoms with E-state index in [1.165, 1.54) is 0 Å². The SMILES string of the molecule is Brc1ccc2nnc(C3CCOC3)n2c1. The van der Waals surface area contributed by atoms with Crippen molar-refractivity contribution >= 4 is 21.6 Å². The molecule has 1 saturated heterocycles. The zero-order chi connectivity index (χ0) is 10.3. The van der Waals surface area contributed by atoms with Crippen LogP contribution in [0.4, 0.5) is 0 Å². The van der Waals surface area contributed by atoms with Gasteiger partial charge in [-0.05, 0) is 34.5 Å². The Labute approximate surface area is 95.4 Å². The monoisotopic (exact) mass is 267 g/mol. The van der Waals surface area contributed by atoms with Crippen LogP contribution in [0.5, 0.6) is 0 Å². The zero-order valence-corrected chi connectivity index (χ0v) is 9.64. The van der Waals surface area contributed by atoms with E-state index in [1.54, 1.807) is 0 Å². The van der Waals surface area contributed by atoms with Gasteiger partial charge in [0, 0.05) is 23.2 Å². The summed E-state index contributed by atoms with van der Waals surface area (Å²) >= 11 is 3.45. The summed E-state index contributed by atoms with van der Waals surface area (Å²) in [5.41, 5.74) is 0.889. The van der Waals surface area contributed by atoms with E-state index in [1.807, 2.05) is 22.7 Å². The van der Waals surface area contributed by atoms with Gasteiger partial charge in [0.25, 0.3) is 0 Å². The molecule has 0 bridgehead atoms. The van der Waals surface area contributed by atoms with Crippen molar-refractivity contribution < 1.29 is 4.74 Å². The number of halogens is 1. The van der Waals surface area contributed by atoms with Crippen LogP contribution in [-0.4, -0.2) is 27.8 Å². The number of ether oxygens (including phenoxy) is 1. The molecule has 0 aliphatic carbocycles. The van der Waals surface area contributed by atoms with Crippen LogP contribution >= 0.6 is 15.9 Å². The molecule has 3 heterocycles. The summed E-state index contributed by atoms with van der Waals surface area (Å²) < 4.78 is 8.44. The predicted octanol–water partition coefficient (Wildman–Crippen LogP) is 2.00. The summed E-state index contributed by atoms with van der Waals surface area (Å²) in [6.07, 6.45) is 3.04. The first-order chi connectivity index (χ1) is 7.34. The van der Waals surface area contributed by atoms with Crippen LogP contribution in [0.1, 0.15) is 18.2 Å². The summed E-state index contributed by atoms with van der Waals surface area (Å²) in [4.78, 5) is 0. The van der Waals surface area contributed by atoms with E-state index in [0.29, 0.717) is 5.92 Å². The Morgan fingerprint density at radius 2 is 2.33 bits per heavy atom. The van der Waals surface area contributed by atoms with Crippen molar-refractivity contribution in [3.05, 3.63) is 28.6 Å². The van der Waals surface area contributed by atoms with Gasteiger partial charge in [-0.15, -0.1) is 10.2 Å². The van der Waals surface area contributed by atoms with Gasteiger partial charge in [0.15, 0.2) is 5.65 Å². The van der Waals surface area contributed by atoms with Crippen LogP contribution in [0, 0.1) is 0 Å². The maximum absolute atomic E-state index is 5.37. The van der Waals surface area contributed by atoms with Crippen molar-refractivity contribution in [3.63, 3.8) is 0 Å². The van der Waals surface area contributed by atoms with E-state index in [-0.39, 0.29) is 0 Å². The number of pyridine rings is 1. The molecule has 0 saturated carbocycles. The van der Waals surface area contributed by atoms with Gasteiger partial charge in [-0.3, -0.25) is 4.40 Å². The molecular formula is C10H10BrN3O. The van der Waals surface area contributed by atoms with Crippen LogP contribution < -0.4 is 0 Å². The molecular weight excluding hydrogens is 258 g/mol. The maximum Gasteiger partial charge on any atom is 0.160 e. The molecule has 2 aromatic heterocycles. The van der Waals surface area contributed by atoms with E-state index in [0.717, 1.165) is 35.6 Å². The number of rotatable bonds is 1. The highest BCUT2D eigenvalue weighted by atomic mass is 79.9. The molecule has 1 unspecified atom stereocenters. The maximum atomic E-state index is 5.37. The molecule has 1 aliphatic rings. The standard InChI is InChI=1S/C10H10BrN3O/c11-8-1-2-9-12-13-10(14(9)5-8)7-3-4-15-6-7/h1-2,5,7H,3-4,6H2. The van der Waals surface area contributed by atoms with Gasteiger partial charge in [0.2, 0.25) is 0 Å². The van der Waals surface area contributed by atoms with E-state index in [9.17, 15) is 0 Å². The molecule has 2 aromatic rings. The van der Waals surface area contributed by atoms with Gasteiger partial charge >= 0.3 is 0 Å². The van der Waals surface area contributed by atoms with Gasteiger partial charge in [0.1, 0.15) is 5.82 Å². The lowest BCUT2D eigenvalue weighted by Crippen LogP contribution is -2.03. The summed E-state index contributed by atoms with van der Waals surface area (Å²) in [5, 5.41) is 8.37. The largest absolute Gasteiger partial charge is 0.381 e. The minimum Gasteiger partial charge on any atom is -0.381 e. The molecule has 15 heavy (non-hydrogen) atoms. The highest BCUT2D eigenvalue weighted by Gasteiger charge is 2.22. The Kier molecular flexibility index (Phi) is 2.21. The Bertz CT molecular complexity index is 490. The summed E-state index contributed by atoms with van der Waals surface area (Å²) in [6.45, 7) is 1.58. The molecule has 0 spiro atoms. The second kappa shape index (κ2) is 3.57. The van der Waals surface area contributed by atoms with Gasteiger partial charge in [-0.1, -0.05) is 0 Å². The average molecular weight is 268 g/mol. The summed E-state index contributed by atoms with van der Waals surface area (Å²) in [6, 6.07) is 3.93. The number of hydrogen-bond donors (Lipinski definition) is 0. The first kappa shape index (κ1) is 9.30. The minimum atomic E-state index is 0.384. The lowest BCUT2D eigenvalue weighted by Gasteiger charge is -2.04. The van der Waals surface area contributed by atoms with Crippen molar-refractivity contribution in [2.24, 2.45) is 0 Å². The first-order valence-electron chi connectivity index (χ1n) is 4.92. The highest BCUT2D eigenvalue weighted by Crippen LogP contribution is 2.24. The van der Waals surface area contributed by atoms with Crippen LogP contribution in [-0.2, 0) is 4.74 Å². The van der Waals surface area contributed by atoms with Crippen molar-refractivity contribution in [2.45, 2.75) is 12.3 Å². The zero-order valence-electron chi connectivity index (χ0n) is 8.06. The quantitative estimate of drug-likeness (QED) is 0.794. The lowest BCUT2D eigenvalue weighted by atomic mass is 10.1. The Morgan fingerprint density at radius 1 is 1.40 bits per heavy atom. The lowest BCUT2D eigenvalue weighted by molar-refractivity contribution is 0.193. The Balaban J connectivity index is 2.13. The number of aromatic nitrogens is 3. The highest BCUT2D eigenvalue weighted by molar-refractivity contribution is 9.10. The molecule has 1 aliphatic heterocycles. The van der Waals surface area contributed by atoms with Crippen molar-refractivity contribution in [3.8, 4) is 0 Å². The van der Waals surface area contributed by atoms with Gasteiger partial charge in [-0.2, -0.15) is 0 Å². The van der Waals surface area contributed by atoms with Crippen molar-refractivity contribution in [1.29, 1.82) is 0 Å². The summed E-state index contributed by atoms with van der Waals surface area (Å²) in [5.74, 6) is 1.39. The van der Waals surface area contributed by atoms with Gasteiger partial charge in [0.05, 0.1) is 6.61 Å².